The second-order valence-corrected chi connectivity index (χ2v) is 5.36. The number of hydrogen-bond acceptors (Lipinski definition) is 5. The van der Waals surface area contributed by atoms with Crippen molar-refractivity contribution < 1.29 is 14.5 Å². The molecule has 3 rings (SSSR count). The Bertz CT molecular complexity index is 784. The highest BCUT2D eigenvalue weighted by Crippen LogP contribution is 2.24. The molecule has 1 heterocycles. The highest BCUT2D eigenvalue weighted by atomic mass is 16.6. The van der Waals surface area contributed by atoms with Crippen molar-refractivity contribution in [1.29, 1.82) is 0 Å². The molecule has 0 fully saturated rings. The summed E-state index contributed by atoms with van der Waals surface area (Å²) in [6.45, 7) is 0.679. The van der Waals surface area contributed by atoms with E-state index in [1.54, 1.807) is 42.5 Å². The summed E-state index contributed by atoms with van der Waals surface area (Å²) in [6.07, 6.45) is 0.498. The fraction of sp³-hybridized carbons (Fsp3) is 0.176. The van der Waals surface area contributed by atoms with E-state index in [2.05, 4.69) is 5.32 Å². The molecule has 0 spiro atoms. The first kappa shape index (κ1) is 15.7. The number of fused-ring (bicyclic) bond motifs is 1. The SMILES string of the molecule is O=C1c2ccccc2C(=O)N1CCCNc1ccccc1[N+](=O)[O-]. The summed E-state index contributed by atoms with van der Waals surface area (Å²) in [5.74, 6) is -0.581. The van der Waals surface area contributed by atoms with Crippen molar-refractivity contribution in [1.82, 2.24) is 4.90 Å². The van der Waals surface area contributed by atoms with Crippen molar-refractivity contribution in [3.05, 3.63) is 69.8 Å². The molecule has 1 N–H and O–H groups in total. The third-order valence-corrected chi connectivity index (χ3v) is 3.85. The van der Waals surface area contributed by atoms with Crippen LogP contribution >= 0.6 is 0 Å². The smallest absolute Gasteiger partial charge is 0.292 e. The monoisotopic (exact) mass is 325 g/mol. The number of nitro benzene ring substituents is 1. The van der Waals surface area contributed by atoms with Gasteiger partial charge in [-0.25, -0.2) is 0 Å². The van der Waals surface area contributed by atoms with Gasteiger partial charge in [-0.3, -0.25) is 24.6 Å². The second kappa shape index (κ2) is 6.49. The van der Waals surface area contributed by atoms with Gasteiger partial charge in [-0.2, -0.15) is 0 Å². The molecule has 0 aliphatic carbocycles. The Morgan fingerprint density at radius 3 is 2.17 bits per heavy atom. The normalized spacial score (nSPS) is 13.1. The Morgan fingerprint density at radius 1 is 0.958 bits per heavy atom. The van der Waals surface area contributed by atoms with Crippen molar-refractivity contribution in [3.8, 4) is 0 Å². The highest BCUT2D eigenvalue weighted by molar-refractivity contribution is 6.21. The fourth-order valence-electron chi connectivity index (χ4n) is 2.68. The molecule has 24 heavy (non-hydrogen) atoms. The van der Waals surface area contributed by atoms with Gasteiger partial charge >= 0.3 is 0 Å². The maximum atomic E-state index is 12.2. The highest BCUT2D eigenvalue weighted by Gasteiger charge is 2.34. The lowest BCUT2D eigenvalue weighted by atomic mass is 10.1. The minimum Gasteiger partial charge on any atom is -0.379 e. The number of para-hydroxylation sites is 2. The Kier molecular flexibility index (Phi) is 4.24. The van der Waals surface area contributed by atoms with Crippen LogP contribution in [0, 0.1) is 10.1 Å². The molecule has 1 aliphatic heterocycles. The molecule has 0 aromatic heterocycles. The second-order valence-electron chi connectivity index (χ2n) is 5.36. The van der Waals surface area contributed by atoms with Crippen LogP contribution in [0.2, 0.25) is 0 Å². The summed E-state index contributed by atoms with van der Waals surface area (Å²) < 4.78 is 0. The van der Waals surface area contributed by atoms with Crippen molar-refractivity contribution in [3.63, 3.8) is 0 Å². The van der Waals surface area contributed by atoms with Gasteiger partial charge in [0, 0.05) is 19.2 Å². The molecule has 0 saturated heterocycles. The molecule has 1 aliphatic rings. The van der Waals surface area contributed by atoms with E-state index < -0.39 is 4.92 Å². The topological polar surface area (TPSA) is 92.6 Å². The van der Waals surface area contributed by atoms with E-state index in [-0.39, 0.29) is 24.0 Å². The Morgan fingerprint density at radius 2 is 1.54 bits per heavy atom. The molecule has 2 aromatic rings. The molecule has 2 amide bonds. The lowest BCUT2D eigenvalue weighted by Gasteiger charge is -2.14. The number of nitrogens with one attached hydrogen (secondary N) is 1. The molecule has 7 nitrogen and oxygen atoms in total. The maximum absolute atomic E-state index is 12.2. The van der Waals surface area contributed by atoms with Crippen LogP contribution in [0.4, 0.5) is 11.4 Å². The molecule has 0 bridgehead atoms. The first-order valence-electron chi connectivity index (χ1n) is 7.52. The summed E-state index contributed by atoms with van der Waals surface area (Å²) in [7, 11) is 0. The maximum Gasteiger partial charge on any atom is 0.292 e. The van der Waals surface area contributed by atoms with E-state index in [4.69, 9.17) is 0 Å². The minimum atomic E-state index is -0.452. The summed E-state index contributed by atoms with van der Waals surface area (Å²) in [6, 6.07) is 13.1. The van der Waals surface area contributed by atoms with E-state index >= 15 is 0 Å². The zero-order chi connectivity index (χ0) is 17.1. The standard InChI is InChI=1S/C17H15N3O4/c21-16-12-6-1-2-7-13(12)17(22)19(16)11-5-10-18-14-8-3-4-9-15(14)20(23)24/h1-4,6-9,18H,5,10-11H2. The molecule has 0 saturated carbocycles. The van der Waals surface area contributed by atoms with Crippen molar-refractivity contribution in [2.45, 2.75) is 6.42 Å². The van der Waals surface area contributed by atoms with Crippen molar-refractivity contribution in [2.24, 2.45) is 0 Å². The quantitative estimate of drug-likeness (QED) is 0.381. The van der Waals surface area contributed by atoms with E-state index in [1.165, 1.54) is 11.0 Å². The predicted molar refractivity (Wildman–Crippen MR) is 88.0 cm³/mol. The van der Waals surface area contributed by atoms with Crippen LogP contribution in [0.3, 0.4) is 0 Å². The number of amides is 2. The Labute approximate surface area is 138 Å². The molecule has 0 unspecified atom stereocenters. The summed E-state index contributed by atoms with van der Waals surface area (Å²) >= 11 is 0. The van der Waals surface area contributed by atoms with E-state index in [9.17, 15) is 19.7 Å². The first-order chi connectivity index (χ1) is 11.6. The summed E-state index contributed by atoms with van der Waals surface area (Å²) in [5.41, 5.74) is 1.27. The van der Waals surface area contributed by atoms with E-state index in [0.29, 0.717) is 29.8 Å². The molecule has 122 valence electrons. The van der Waals surface area contributed by atoms with Crippen LogP contribution in [0.1, 0.15) is 27.1 Å². The number of nitrogens with zero attached hydrogens (tertiary/aromatic N) is 2. The van der Waals surface area contributed by atoms with Gasteiger partial charge in [-0.1, -0.05) is 24.3 Å². The number of nitro groups is 1. The van der Waals surface area contributed by atoms with Gasteiger partial charge in [0.15, 0.2) is 0 Å². The van der Waals surface area contributed by atoms with Gasteiger partial charge in [0.2, 0.25) is 0 Å². The van der Waals surface area contributed by atoms with Gasteiger partial charge in [0.25, 0.3) is 17.5 Å². The third-order valence-electron chi connectivity index (χ3n) is 3.85. The van der Waals surface area contributed by atoms with Crippen LogP contribution in [-0.4, -0.2) is 34.7 Å². The molecule has 2 aromatic carbocycles. The Balaban J connectivity index is 1.58. The van der Waals surface area contributed by atoms with Crippen LogP contribution in [0.5, 0.6) is 0 Å². The van der Waals surface area contributed by atoms with E-state index in [1.807, 2.05) is 0 Å². The predicted octanol–water partition coefficient (Wildman–Crippen LogP) is 2.69. The van der Waals surface area contributed by atoms with Gasteiger partial charge < -0.3 is 5.32 Å². The lowest BCUT2D eigenvalue weighted by Crippen LogP contribution is -2.31. The molecule has 0 atom stereocenters. The largest absolute Gasteiger partial charge is 0.379 e. The molecule has 0 radical (unpaired) electrons. The first-order valence-corrected chi connectivity index (χ1v) is 7.52. The number of hydrogen-bond donors (Lipinski definition) is 1. The van der Waals surface area contributed by atoms with Gasteiger partial charge in [0.05, 0.1) is 16.1 Å². The van der Waals surface area contributed by atoms with Crippen molar-refractivity contribution in [2.75, 3.05) is 18.4 Å². The van der Waals surface area contributed by atoms with Gasteiger partial charge in [0.1, 0.15) is 5.69 Å². The molecule has 7 heteroatoms. The zero-order valence-electron chi connectivity index (χ0n) is 12.8. The zero-order valence-corrected chi connectivity index (χ0v) is 12.8. The van der Waals surface area contributed by atoms with E-state index in [0.717, 1.165) is 0 Å². The minimum absolute atomic E-state index is 0.00164. The number of imide groups is 1. The average molecular weight is 325 g/mol. The van der Waals surface area contributed by atoms with Gasteiger partial charge in [-0.05, 0) is 24.6 Å². The van der Waals surface area contributed by atoms with Crippen LogP contribution in [0.15, 0.2) is 48.5 Å². The number of rotatable bonds is 6. The number of benzene rings is 2. The summed E-state index contributed by atoms with van der Waals surface area (Å²) in [5, 5.41) is 13.9. The number of anilines is 1. The lowest BCUT2D eigenvalue weighted by molar-refractivity contribution is -0.384. The third kappa shape index (κ3) is 2.83. The number of carbonyl (C=O) groups excluding carboxylic acids is 2. The van der Waals surface area contributed by atoms with Crippen LogP contribution in [-0.2, 0) is 0 Å². The van der Waals surface area contributed by atoms with Gasteiger partial charge in [-0.15, -0.1) is 0 Å². The number of carbonyl (C=O) groups is 2. The van der Waals surface area contributed by atoms with Crippen LogP contribution < -0.4 is 5.32 Å². The summed E-state index contributed by atoms with van der Waals surface area (Å²) in [4.78, 5) is 36.1. The fourth-order valence-corrected chi connectivity index (χ4v) is 2.68. The average Bonchev–Trinajstić information content (AvgIpc) is 2.84. The molecular weight excluding hydrogens is 310 g/mol. The van der Waals surface area contributed by atoms with Crippen LogP contribution in [0.25, 0.3) is 0 Å². The Hall–Kier alpha value is -3.22. The molecular formula is C17H15N3O4. The van der Waals surface area contributed by atoms with Crippen molar-refractivity contribution >= 4 is 23.2 Å².